The van der Waals surface area contributed by atoms with Gasteiger partial charge in [-0.15, -0.1) is 15.8 Å². The van der Waals surface area contributed by atoms with Crippen molar-refractivity contribution in [1.29, 1.82) is 0 Å². The van der Waals surface area contributed by atoms with Crippen LogP contribution in [-0.2, 0) is 0 Å². The van der Waals surface area contributed by atoms with Crippen LogP contribution < -0.4 is 0 Å². The molecule has 0 aromatic rings. The Morgan fingerprint density at radius 2 is 1.05 bits per heavy atom. The fraction of sp³-hybridized carbons (Fsp3) is 0.947. The van der Waals surface area contributed by atoms with E-state index in [2.05, 4.69) is 28.8 Å². The molecule has 237 valence electrons. The van der Waals surface area contributed by atoms with Crippen LogP contribution in [0.4, 0.5) is 0 Å². The molecule has 2 saturated carbocycles. The van der Waals surface area contributed by atoms with Crippen molar-refractivity contribution in [3.63, 3.8) is 0 Å². The maximum absolute atomic E-state index is 3.93. The van der Waals surface area contributed by atoms with E-state index in [4.69, 9.17) is 0 Å². The average molecular weight is 577 g/mol. The minimum atomic E-state index is 0. The SMILES string of the molecule is C.C=CCCCCC(CCCCCCCC1CCCCC1C)CCCCCC1CCCCC1CCCCCP.[2HH].[B]. The molecule has 0 aliphatic heterocycles. The summed E-state index contributed by atoms with van der Waals surface area (Å²) in [4.78, 5) is 0. The lowest BCUT2D eigenvalue weighted by Crippen LogP contribution is -2.19. The smallest absolute Gasteiger partial charge is 0 e. The molecule has 40 heavy (non-hydrogen) atoms. The van der Waals surface area contributed by atoms with Crippen molar-refractivity contribution in [3.05, 3.63) is 12.7 Å². The Kier molecular flexibility index (Phi) is 28.2. The highest BCUT2D eigenvalue weighted by atomic mass is 31.0. The summed E-state index contributed by atoms with van der Waals surface area (Å²) in [5.74, 6) is 5.19. The summed E-state index contributed by atoms with van der Waals surface area (Å²) in [5, 5.41) is 0. The van der Waals surface area contributed by atoms with Crippen LogP contribution in [0.1, 0.15) is 196 Å². The summed E-state index contributed by atoms with van der Waals surface area (Å²) < 4.78 is 0. The van der Waals surface area contributed by atoms with Crippen molar-refractivity contribution in [3.8, 4) is 0 Å². The van der Waals surface area contributed by atoms with E-state index in [1.807, 2.05) is 0 Å². The molecule has 2 rings (SSSR count). The molecule has 0 saturated heterocycles. The van der Waals surface area contributed by atoms with Gasteiger partial charge in [0.25, 0.3) is 0 Å². The predicted molar refractivity (Wildman–Crippen MR) is 192 cm³/mol. The minimum absolute atomic E-state index is 0. The van der Waals surface area contributed by atoms with Gasteiger partial charge in [0, 0.05) is 9.84 Å². The van der Waals surface area contributed by atoms with Gasteiger partial charge in [0.15, 0.2) is 0 Å². The zero-order chi connectivity index (χ0) is 27.1. The molecule has 3 radical (unpaired) electrons. The zero-order valence-electron chi connectivity index (χ0n) is 26.8. The van der Waals surface area contributed by atoms with E-state index in [0.717, 1.165) is 29.6 Å². The molecule has 6 atom stereocenters. The van der Waals surface area contributed by atoms with Crippen LogP contribution in [0.5, 0.6) is 0 Å². The molecule has 2 heteroatoms. The molecule has 0 N–H and O–H groups in total. The monoisotopic (exact) mass is 577 g/mol. The maximum Gasteiger partial charge on any atom is 0 e. The van der Waals surface area contributed by atoms with Crippen LogP contribution in [0, 0.1) is 29.6 Å². The first kappa shape index (κ1) is 40.2. The number of hydrogen-bond acceptors (Lipinski definition) is 0. The number of hydrogen-bond donors (Lipinski definition) is 0. The second kappa shape index (κ2) is 28.0. The Bertz CT molecular complexity index is 540. The average Bonchev–Trinajstić information content (AvgIpc) is 2.93. The summed E-state index contributed by atoms with van der Waals surface area (Å²) in [6.07, 6.45) is 45.0. The lowest BCUT2D eigenvalue weighted by Gasteiger charge is -2.32. The van der Waals surface area contributed by atoms with Crippen LogP contribution in [0.2, 0.25) is 0 Å². The van der Waals surface area contributed by atoms with Gasteiger partial charge in [-0.25, -0.2) is 0 Å². The molecule has 2 fully saturated rings. The summed E-state index contributed by atoms with van der Waals surface area (Å²) in [7, 11) is 2.90. The third-order valence-corrected chi connectivity index (χ3v) is 11.2. The largest absolute Gasteiger partial charge is 0.138 e. The molecule has 0 amide bonds. The summed E-state index contributed by atoms with van der Waals surface area (Å²) in [6.45, 7) is 6.45. The van der Waals surface area contributed by atoms with Crippen LogP contribution in [-0.4, -0.2) is 14.6 Å². The van der Waals surface area contributed by atoms with Gasteiger partial charge in [0.2, 0.25) is 0 Å². The van der Waals surface area contributed by atoms with E-state index in [0.29, 0.717) is 0 Å². The number of rotatable bonds is 24. The third kappa shape index (κ3) is 19.4. The van der Waals surface area contributed by atoms with Gasteiger partial charge in [-0.3, -0.25) is 0 Å². The van der Waals surface area contributed by atoms with Crippen molar-refractivity contribution in [2.45, 2.75) is 194 Å². The highest BCUT2D eigenvalue weighted by molar-refractivity contribution is 7.16. The molecule has 2 aliphatic carbocycles. The van der Waals surface area contributed by atoms with Gasteiger partial charge in [0.05, 0.1) is 0 Å². The van der Waals surface area contributed by atoms with Crippen LogP contribution in [0.15, 0.2) is 12.7 Å². The molecule has 0 spiro atoms. The van der Waals surface area contributed by atoms with E-state index in [1.165, 1.54) is 180 Å². The van der Waals surface area contributed by atoms with Gasteiger partial charge < -0.3 is 0 Å². The highest BCUT2D eigenvalue weighted by Crippen LogP contribution is 2.37. The molecule has 0 bridgehead atoms. The van der Waals surface area contributed by atoms with Gasteiger partial charge in [-0.2, -0.15) is 0 Å². The summed E-state index contributed by atoms with van der Waals surface area (Å²) in [6, 6.07) is 0. The predicted octanol–water partition coefficient (Wildman–Crippen LogP) is 13.6. The fourth-order valence-electron chi connectivity index (χ4n) is 8.13. The van der Waals surface area contributed by atoms with Gasteiger partial charge >= 0.3 is 0 Å². The molecule has 0 aromatic heterocycles. The maximum atomic E-state index is 3.93. The summed E-state index contributed by atoms with van der Waals surface area (Å²) in [5.41, 5.74) is 0. The molecule has 2 aliphatic rings. The Morgan fingerprint density at radius 3 is 1.60 bits per heavy atom. The van der Waals surface area contributed by atoms with Crippen LogP contribution >= 0.6 is 9.24 Å². The van der Waals surface area contributed by atoms with Crippen molar-refractivity contribution in [2.24, 2.45) is 29.6 Å². The van der Waals surface area contributed by atoms with E-state index in [9.17, 15) is 0 Å². The van der Waals surface area contributed by atoms with E-state index >= 15 is 0 Å². The molecule has 0 nitrogen and oxygen atoms in total. The van der Waals surface area contributed by atoms with Crippen molar-refractivity contribution in [1.82, 2.24) is 0 Å². The number of allylic oxidation sites excluding steroid dienone is 1. The molecule has 0 heterocycles. The second-order valence-electron chi connectivity index (χ2n) is 13.9. The Morgan fingerprint density at radius 1 is 0.625 bits per heavy atom. The first-order chi connectivity index (χ1) is 18.7. The standard InChI is InChI=1S/C37H71P.CH4.B.H2/c1-3-4-5-11-23-34(24-12-7-6-8-14-26-35-27-18-17-22-33(35)2)25-13-9-15-28-36-30-19-20-31-37(36)29-16-10-21-32-38;;;/h3,33-37H,1,4-32,38H2,2H3;1H4;;1H/i;;;1+1. The van der Waals surface area contributed by atoms with Gasteiger partial charge in [-0.05, 0) is 55.0 Å². The summed E-state index contributed by atoms with van der Waals surface area (Å²) >= 11 is 0. The first-order valence-corrected chi connectivity index (χ1v) is 18.9. The zero-order valence-corrected chi connectivity index (χ0v) is 28.0. The van der Waals surface area contributed by atoms with Crippen LogP contribution in [0.3, 0.4) is 0 Å². The first-order valence-electron chi connectivity index (χ1n) is 18.1. The van der Waals surface area contributed by atoms with E-state index < -0.39 is 0 Å². The fourth-order valence-corrected chi connectivity index (χ4v) is 8.42. The normalized spacial score (nSPS) is 23.6. The molecule has 0 aromatic carbocycles. The lowest BCUT2D eigenvalue weighted by atomic mass is 9.74. The lowest BCUT2D eigenvalue weighted by molar-refractivity contribution is 0.202. The Balaban J connectivity index is 0. The number of unbranched alkanes of at least 4 members (excludes halogenated alkanes) is 10. The molecular weight excluding hydrogens is 498 g/mol. The van der Waals surface area contributed by atoms with Crippen molar-refractivity contribution in [2.75, 3.05) is 6.16 Å². The second-order valence-corrected chi connectivity index (χ2v) is 14.5. The Hall–Kier alpha value is 0.235. The molecule has 6 unspecified atom stereocenters. The van der Waals surface area contributed by atoms with E-state index in [-0.39, 0.29) is 17.3 Å². The van der Waals surface area contributed by atoms with Crippen molar-refractivity contribution >= 4 is 17.7 Å². The van der Waals surface area contributed by atoms with Crippen LogP contribution in [0.25, 0.3) is 0 Å². The van der Waals surface area contributed by atoms with Gasteiger partial charge in [0.1, 0.15) is 0 Å². The molecular formula is C38H77BP. The van der Waals surface area contributed by atoms with Gasteiger partial charge in [-0.1, -0.05) is 181 Å². The highest BCUT2D eigenvalue weighted by Gasteiger charge is 2.24. The van der Waals surface area contributed by atoms with E-state index in [1.54, 1.807) is 6.42 Å². The third-order valence-electron chi connectivity index (χ3n) is 10.8. The van der Waals surface area contributed by atoms with Crippen molar-refractivity contribution < 1.29 is 1.43 Å². The minimum Gasteiger partial charge on any atom is -0.138 e. The Labute approximate surface area is 261 Å². The quantitative estimate of drug-likeness (QED) is 0.0464. The topological polar surface area (TPSA) is 0 Å².